The van der Waals surface area contributed by atoms with E-state index >= 15 is 0 Å². The molecule has 148 valence electrons. The standard InChI is InChI=1S/C19H14ClN3O4S2/c20-12-5-6-16(28-10-13-9-17(24)22-19(25)21-13)14(8-12)23-29(26)18-7-11-3-1-2-4-15(11)27-18/h1-9,23H,10H2,(H2,21,22,24,25). The summed E-state index contributed by atoms with van der Waals surface area (Å²) >= 11 is 7.46. The summed E-state index contributed by atoms with van der Waals surface area (Å²) in [5, 5.41) is 1.63. The normalized spacial score (nSPS) is 12.2. The number of hydrogen-bond donors (Lipinski definition) is 3. The van der Waals surface area contributed by atoms with Gasteiger partial charge in [-0.1, -0.05) is 29.8 Å². The summed E-state index contributed by atoms with van der Waals surface area (Å²) in [5.74, 6) is 0.340. The number of para-hydroxylation sites is 1. The van der Waals surface area contributed by atoms with Gasteiger partial charge in [0.05, 0.1) is 5.69 Å². The number of anilines is 1. The maximum Gasteiger partial charge on any atom is 0.325 e. The lowest BCUT2D eigenvalue weighted by molar-refractivity contribution is 0.504. The van der Waals surface area contributed by atoms with Gasteiger partial charge in [0.15, 0.2) is 11.0 Å². The molecule has 1 unspecified atom stereocenters. The SMILES string of the molecule is O=c1cc(CSc2ccc(Cl)cc2NS(=O)c2cc3ccccc3o2)[nH]c(=O)[nH]1. The van der Waals surface area contributed by atoms with Gasteiger partial charge in [-0.25, -0.2) is 9.00 Å². The van der Waals surface area contributed by atoms with Crippen LogP contribution in [0.3, 0.4) is 0 Å². The third-order valence-corrected chi connectivity index (χ3v) is 6.26. The van der Waals surface area contributed by atoms with Crippen molar-refractivity contribution < 1.29 is 8.63 Å². The molecule has 4 aromatic rings. The molecule has 29 heavy (non-hydrogen) atoms. The Morgan fingerprint density at radius 1 is 1.07 bits per heavy atom. The number of furan rings is 1. The summed E-state index contributed by atoms with van der Waals surface area (Å²) in [6, 6.07) is 15.6. The van der Waals surface area contributed by atoms with Gasteiger partial charge < -0.3 is 9.40 Å². The number of rotatable bonds is 6. The number of aromatic nitrogens is 2. The van der Waals surface area contributed by atoms with E-state index in [4.69, 9.17) is 16.0 Å². The maximum atomic E-state index is 12.8. The second-order valence-corrected chi connectivity index (χ2v) is 8.61. The van der Waals surface area contributed by atoms with Crippen LogP contribution < -0.4 is 16.0 Å². The summed E-state index contributed by atoms with van der Waals surface area (Å²) in [6.07, 6.45) is 0. The molecule has 0 amide bonds. The lowest BCUT2D eigenvalue weighted by atomic mass is 10.3. The van der Waals surface area contributed by atoms with E-state index in [1.807, 2.05) is 18.2 Å². The van der Waals surface area contributed by atoms with Crippen LogP contribution in [0.15, 0.2) is 78.6 Å². The average molecular weight is 448 g/mol. The Kier molecular flexibility index (Phi) is 5.61. The topological polar surface area (TPSA) is 108 Å². The first-order valence-electron chi connectivity index (χ1n) is 8.40. The maximum absolute atomic E-state index is 12.8. The van der Waals surface area contributed by atoms with Crippen molar-refractivity contribution in [2.45, 2.75) is 15.7 Å². The highest BCUT2D eigenvalue weighted by atomic mass is 35.5. The summed E-state index contributed by atoms with van der Waals surface area (Å²) < 4.78 is 21.3. The van der Waals surface area contributed by atoms with Gasteiger partial charge in [-0.05, 0) is 24.3 Å². The molecule has 0 spiro atoms. The number of benzene rings is 2. The highest BCUT2D eigenvalue weighted by molar-refractivity contribution is 7.98. The molecule has 0 aliphatic heterocycles. The van der Waals surface area contributed by atoms with Gasteiger partial charge in [0.2, 0.25) is 5.09 Å². The van der Waals surface area contributed by atoms with Gasteiger partial charge in [0.1, 0.15) is 5.58 Å². The van der Waals surface area contributed by atoms with E-state index in [9.17, 15) is 13.8 Å². The molecule has 0 fully saturated rings. The first-order chi connectivity index (χ1) is 14.0. The highest BCUT2D eigenvalue weighted by Gasteiger charge is 2.14. The Hall–Kier alpha value is -2.75. The van der Waals surface area contributed by atoms with Crippen molar-refractivity contribution in [2.75, 3.05) is 4.72 Å². The Morgan fingerprint density at radius 3 is 2.69 bits per heavy atom. The second-order valence-electron chi connectivity index (χ2n) is 6.02. The van der Waals surface area contributed by atoms with Gasteiger partial charge in [-0.15, -0.1) is 11.8 Å². The summed E-state index contributed by atoms with van der Waals surface area (Å²) in [7, 11) is -1.64. The molecule has 1 atom stereocenters. The van der Waals surface area contributed by atoms with Crippen LogP contribution in [0, 0.1) is 0 Å². The van der Waals surface area contributed by atoms with E-state index in [0.29, 0.717) is 32.8 Å². The van der Waals surface area contributed by atoms with Crippen LogP contribution in [0.4, 0.5) is 5.69 Å². The van der Waals surface area contributed by atoms with Crippen molar-refractivity contribution in [3.05, 3.63) is 86.2 Å². The van der Waals surface area contributed by atoms with Crippen molar-refractivity contribution in [3.8, 4) is 0 Å². The molecule has 0 bridgehead atoms. The summed E-state index contributed by atoms with van der Waals surface area (Å²) in [5.41, 5.74) is 0.645. The number of H-pyrrole nitrogens is 2. The van der Waals surface area contributed by atoms with Crippen molar-refractivity contribution >= 4 is 51.0 Å². The minimum Gasteiger partial charge on any atom is -0.445 e. The minimum absolute atomic E-state index is 0.293. The lowest BCUT2D eigenvalue weighted by Gasteiger charge is -2.11. The molecule has 4 rings (SSSR count). The van der Waals surface area contributed by atoms with E-state index in [1.165, 1.54) is 17.8 Å². The van der Waals surface area contributed by atoms with Crippen LogP contribution in [0.1, 0.15) is 5.69 Å². The molecule has 2 aromatic carbocycles. The zero-order chi connectivity index (χ0) is 20.4. The number of aromatic amines is 2. The molecule has 7 nitrogen and oxygen atoms in total. The fraction of sp³-hybridized carbons (Fsp3) is 0.0526. The van der Waals surface area contributed by atoms with Crippen molar-refractivity contribution in [1.29, 1.82) is 0 Å². The number of nitrogens with one attached hydrogen (secondary N) is 3. The molecule has 2 aromatic heterocycles. The number of halogens is 1. The average Bonchev–Trinajstić information content (AvgIpc) is 3.11. The third kappa shape index (κ3) is 4.64. The summed E-state index contributed by atoms with van der Waals surface area (Å²) in [4.78, 5) is 28.3. The van der Waals surface area contributed by atoms with Crippen LogP contribution in [0.5, 0.6) is 0 Å². The lowest BCUT2D eigenvalue weighted by Crippen LogP contribution is -2.22. The fourth-order valence-corrected chi connectivity index (χ4v) is 4.66. The molecule has 0 aliphatic rings. The predicted molar refractivity (Wildman–Crippen MR) is 115 cm³/mol. The van der Waals surface area contributed by atoms with Gasteiger partial charge in [0.25, 0.3) is 5.56 Å². The van der Waals surface area contributed by atoms with E-state index in [1.54, 1.807) is 30.3 Å². The fourth-order valence-electron chi connectivity index (χ4n) is 2.66. The Labute approximate surface area is 176 Å². The molecular formula is C19H14ClN3O4S2. The molecule has 2 heterocycles. The minimum atomic E-state index is -1.64. The molecule has 3 N–H and O–H groups in total. The summed E-state index contributed by atoms with van der Waals surface area (Å²) in [6.45, 7) is 0. The van der Waals surface area contributed by atoms with Crippen molar-refractivity contribution in [1.82, 2.24) is 9.97 Å². The van der Waals surface area contributed by atoms with Crippen LogP contribution in [0.25, 0.3) is 11.0 Å². The number of hydrogen-bond acceptors (Lipinski definition) is 5. The largest absolute Gasteiger partial charge is 0.445 e. The zero-order valence-electron chi connectivity index (χ0n) is 14.7. The van der Waals surface area contributed by atoms with E-state index in [2.05, 4.69) is 14.7 Å². The monoisotopic (exact) mass is 447 g/mol. The second kappa shape index (κ2) is 8.32. The van der Waals surface area contributed by atoms with Gasteiger partial charge in [0, 0.05) is 38.9 Å². The number of thioether (sulfide) groups is 1. The molecule has 0 saturated carbocycles. The highest BCUT2D eigenvalue weighted by Crippen LogP contribution is 2.33. The van der Waals surface area contributed by atoms with E-state index in [-0.39, 0.29) is 0 Å². The molecular weight excluding hydrogens is 434 g/mol. The first kappa shape index (κ1) is 19.6. The van der Waals surface area contributed by atoms with Gasteiger partial charge >= 0.3 is 5.69 Å². The van der Waals surface area contributed by atoms with Crippen LogP contribution in [-0.4, -0.2) is 14.2 Å². The molecule has 0 radical (unpaired) electrons. The van der Waals surface area contributed by atoms with E-state index < -0.39 is 22.2 Å². The van der Waals surface area contributed by atoms with Gasteiger partial charge in [-0.3, -0.25) is 14.5 Å². The number of fused-ring (bicyclic) bond motifs is 1. The smallest absolute Gasteiger partial charge is 0.325 e. The Bertz CT molecular complexity index is 1270. The van der Waals surface area contributed by atoms with Crippen LogP contribution in [-0.2, 0) is 16.7 Å². The van der Waals surface area contributed by atoms with Gasteiger partial charge in [-0.2, -0.15) is 0 Å². The van der Waals surface area contributed by atoms with Crippen LogP contribution >= 0.6 is 23.4 Å². The third-order valence-electron chi connectivity index (χ3n) is 3.93. The van der Waals surface area contributed by atoms with Crippen molar-refractivity contribution in [2.24, 2.45) is 0 Å². The first-order valence-corrected chi connectivity index (χ1v) is 10.9. The molecule has 10 heteroatoms. The van der Waals surface area contributed by atoms with Crippen molar-refractivity contribution in [3.63, 3.8) is 0 Å². The Morgan fingerprint density at radius 2 is 1.90 bits per heavy atom. The van der Waals surface area contributed by atoms with Crippen LogP contribution in [0.2, 0.25) is 5.02 Å². The molecule has 0 aliphatic carbocycles. The Balaban J connectivity index is 1.56. The predicted octanol–water partition coefficient (Wildman–Crippen LogP) is 3.89. The quantitative estimate of drug-likeness (QED) is 0.388. The molecule has 0 saturated heterocycles. The van der Waals surface area contributed by atoms with E-state index in [0.717, 1.165) is 10.3 Å². The zero-order valence-corrected chi connectivity index (χ0v) is 17.1.